The van der Waals surface area contributed by atoms with Gasteiger partial charge in [0.25, 0.3) is 0 Å². The fraction of sp³-hybridized carbons (Fsp3) is 0.182. The Morgan fingerprint density at radius 2 is 2.06 bits per heavy atom. The van der Waals surface area contributed by atoms with Crippen molar-refractivity contribution in [2.75, 3.05) is 5.73 Å². The number of nitrogen functional groups attached to an aromatic ring is 1. The molecule has 0 aliphatic carbocycles. The van der Waals surface area contributed by atoms with E-state index in [1.807, 2.05) is 0 Å². The molecule has 0 aliphatic heterocycles. The van der Waals surface area contributed by atoms with Crippen molar-refractivity contribution in [3.63, 3.8) is 0 Å². The lowest BCUT2D eigenvalue weighted by molar-refractivity contribution is 0.402. The molecule has 1 aromatic carbocycles. The second kappa shape index (κ2) is 4.04. The summed E-state index contributed by atoms with van der Waals surface area (Å²) in [5, 5.41) is 4.02. The van der Waals surface area contributed by atoms with Gasteiger partial charge in [0.15, 0.2) is 11.6 Å². The highest BCUT2D eigenvalue weighted by Gasteiger charge is 2.14. The van der Waals surface area contributed by atoms with Crippen molar-refractivity contribution in [2.45, 2.75) is 6.92 Å². The van der Waals surface area contributed by atoms with Gasteiger partial charge in [0.1, 0.15) is 11.5 Å². The normalized spacial score (nSPS) is 10.6. The van der Waals surface area contributed by atoms with Crippen molar-refractivity contribution in [3.8, 4) is 11.6 Å². The van der Waals surface area contributed by atoms with Gasteiger partial charge in [0.05, 0.1) is 5.69 Å². The first-order valence-corrected chi connectivity index (χ1v) is 4.91. The average Bonchev–Trinajstić information content (AvgIpc) is 2.48. The van der Waals surface area contributed by atoms with Crippen molar-refractivity contribution >= 4 is 5.69 Å². The van der Waals surface area contributed by atoms with Gasteiger partial charge in [-0.15, -0.1) is 0 Å². The number of benzene rings is 1. The molecule has 90 valence electrons. The third-order valence-electron chi connectivity index (χ3n) is 2.31. The molecule has 0 spiro atoms. The summed E-state index contributed by atoms with van der Waals surface area (Å²) in [7, 11) is 1.63. The molecule has 2 aromatic rings. The number of nitrogens with zero attached hydrogens (tertiary/aromatic N) is 2. The van der Waals surface area contributed by atoms with Crippen LogP contribution in [0.25, 0.3) is 0 Å². The van der Waals surface area contributed by atoms with E-state index < -0.39 is 11.6 Å². The number of hydrogen-bond donors (Lipinski definition) is 1. The molecule has 2 rings (SSSR count). The second-order valence-corrected chi connectivity index (χ2v) is 3.60. The molecule has 0 saturated carbocycles. The molecule has 0 saturated heterocycles. The first-order valence-electron chi connectivity index (χ1n) is 4.91. The van der Waals surface area contributed by atoms with Gasteiger partial charge < -0.3 is 10.5 Å². The van der Waals surface area contributed by atoms with E-state index in [9.17, 15) is 8.78 Å². The topological polar surface area (TPSA) is 53.1 Å². The van der Waals surface area contributed by atoms with Crippen LogP contribution in [0.15, 0.2) is 18.2 Å². The first-order chi connectivity index (χ1) is 7.99. The van der Waals surface area contributed by atoms with Crippen molar-refractivity contribution in [2.24, 2.45) is 7.05 Å². The van der Waals surface area contributed by atoms with Gasteiger partial charge in [-0.05, 0) is 19.1 Å². The van der Waals surface area contributed by atoms with Crippen molar-refractivity contribution < 1.29 is 13.5 Å². The zero-order valence-electron chi connectivity index (χ0n) is 9.37. The third-order valence-corrected chi connectivity index (χ3v) is 2.31. The van der Waals surface area contributed by atoms with Crippen LogP contribution < -0.4 is 10.5 Å². The van der Waals surface area contributed by atoms with E-state index in [-0.39, 0.29) is 11.6 Å². The van der Waals surface area contributed by atoms with E-state index >= 15 is 0 Å². The predicted octanol–water partition coefficient (Wildman–Crippen LogP) is 2.38. The number of anilines is 1. The molecule has 0 atom stereocenters. The molecule has 4 nitrogen and oxygen atoms in total. The summed E-state index contributed by atoms with van der Waals surface area (Å²) in [6.45, 7) is 1.71. The summed E-state index contributed by atoms with van der Waals surface area (Å²) < 4.78 is 32.8. The SMILES string of the molecule is Cc1nn(C)c(Oc2ccc(F)cc2F)c1N. The molecule has 1 aromatic heterocycles. The van der Waals surface area contributed by atoms with Gasteiger partial charge >= 0.3 is 0 Å². The third kappa shape index (κ3) is 2.06. The lowest BCUT2D eigenvalue weighted by Crippen LogP contribution is -1.98. The van der Waals surface area contributed by atoms with E-state index in [1.165, 1.54) is 10.7 Å². The first kappa shape index (κ1) is 11.4. The zero-order chi connectivity index (χ0) is 12.6. The summed E-state index contributed by atoms with van der Waals surface area (Å²) in [5.41, 5.74) is 6.64. The molecular weight excluding hydrogens is 228 g/mol. The van der Waals surface area contributed by atoms with E-state index in [0.29, 0.717) is 11.4 Å². The number of rotatable bonds is 2. The number of hydrogen-bond acceptors (Lipinski definition) is 3. The molecule has 0 fully saturated rings. The second-order valence-electron chi connectivity index (χ2n) is 3.60. The number of ether oxygens (including phenoxy) is 1. The van der Waals surface area contributed by atoms with E-state index in [4.69, 9.17) is 10.5 Å². The molecule has 0 radical (unpaired) electrons. The van der Waals surface area contributed by atoms with Crippen LogP contribution in [0.2, 0.25) is 0 Å². The smallest absolute Gasteiger partial charge is 0.241 e. The van der Waals surface area contributed by atoms with Crippen LogP contribution in [0.3, 0.4) is 0 Å². The van der Waals surface area contributed by atoms with Crippen LogP contribution >= 0.6 is 0 Å². The maximum atomic E-state index is 13.4. The van der Waals surface area contributed by atoms with Crippen LogP contribution in [-0.4, -0.2) is 9.78 Å². The Bertz CT molecular complexity index is 566. The van der Waals surface area contributed by atoms with Crippen LogP contribution in [0, 0.1) is 18.6 Å². The zero-order valence-corrected chi connectivity index (χ0v) is 9.37. The standard InChI is InChI=1S/C11H11F2N3O/c1-6-10(14)11(16(2)15-6)17-9-4-3-7(12)5-8(9)13/h3-5H,14H2,1-2H3. The monoisotopic (exact) mass is 239 g/mol. The molecule has 17 heavy (non-hydrogen) atoms. The summed E-state index contributed by atoms with van der Waals surface area (Å²) >= 11 is 0. The van der Waals surface area contributed by atoms with Crippen LogP contribution in [0.5, 0.6) is 11.6 Å². The molecule has 0 aliphatic rings. The Morgan fingerprint density at radius 3 is 2.59 bits per heavy atom. The number of nitrogens with two attached hydrogens (primary N) is 1. The van der Waals surface area contributed by atoms with Crippen LogP contribution in [0.1, 0.15) is 5.69 Å². The molecule has 6 heteroatoms. The minimum Gasteiger partial charge on any atom is -0.434 e. The van der Waals surface area contributed by atoms with Gasteiger partial charge in [0, 0.05) is 13.1 Å². The number of aryl methyl sites for hydroxylation is 2. The van der Waals surface area contributed by atoms with Crippen molar-refractivity contribution in [3.05, 3.63) is 35.5 Å². The van der Waals surface area contributed by atoms with Gasteiger partial charge in [0.2, 0.25) is 5.88 Å². The summed E-state index contributed by atoms with van der Waals surface area (Å²) in [5.74, 6) is -1.32. The quantitative estimate of drug-likeness (QED) is 0.875. The molecule has 1 heterocycles. The van der Waals surface area contributed by atoms with E-state index in [1.54, 1.807) is 14.0 Å². The Balaban J connectivity index is 2.38. The Hall–Kier alpha value is -2.11. The van der Waals surface area contributed by atoms with Crippen molar-refractivity contribution in [1.82, 2.24) is 9.78 Å². The van der Waals surface area contributed by atoms with Gasteiger partial charge in [-0.1, -0.05) is 0 Å². The van der Waals surface area contributed by atoms with Gasteiger partial charge in [-0.3, -0.25) is 0 Å². The highest BCUT2D eigenvalue weighted by atomic mass is 19.1. The van der Waals surface area contributed by atoms with E-state index in [2.05, 4.69) is 5.10 Å². The average molecular weight is 239 g/mol. The van der Waals surface area contributed by atoms with Crippen LogP contribution in [0.4, 0.5) is 14.5 Å². The van der Waals surface area contributed by atoms with Crippen LogP contribution in [-0.2, 0) is 7.05 Å². The van der Waals surface area contributed by atoms with Crippen molar-refractivity contribution in [1.29, 1.82) is 0 Å². The molecular formula is C11H11F2N3O. The molecule has 0 amide bonds. The highest BCUT2D eigenvalue weighted by Crippen LogP contribution is 2.30. The summed E-state index contributed by atoms with van der Waals surface area (Å²) in [6.07, 6.45) is 0. The van der Waals surface area contributed by atoms with E-state index in [0.717, 1.165) is 12.1 Å². The Kier molecular flexibility index (Phi) is 2.71. The minimum absolute atomic E-state index is 0.0962. The Morgan fingerprint density at radius 1 is 1.35 bits per heavy atom. The number of halogens is 2. The molecule has 0 bridgehead atoms. The predicted molar refractivity (Wildman–Crippen MR) is 58.8 cm³/mol. The highest BCUT2D eigenvalue weighted by molar-refractivity contribution is 5.53. The summed E-state index contributed by atoms with van der Waals surface area (Å²) in [6, 6.07) is 3.05. The fourth-order valence-corrected chi connectivity index (χ4v) is 1.44. The van der Waals surface area contributed by atoms with Gasteiger partial charge in [-0.2, -0.15) is 5.10 Å². The lowest BCUT2D eigenvalue weighted by Gasteiger charge is -2.07. The minimum atomic E-state index is -0.789. The largest absolute Gasteiger partial charge is 0.434 e. The lowest BCUT2D eigenvalue weighted by atomic mass is 10.3. The fourth-order valence-electron chi connectivity index (χ4n) is 1.44. The maximum Gasteiger partial charge on any atom is 0.241 e. The molecule has 0 unspecified atom stereocenters. The summed E-state index contributed by atoms with van der Waals surface area (Å²) in [4.78, 5) is 0. The Labute approximate surface area is 96.6 Å². The maximum absolute atomic E-state index is 13.4. The van der Waals surface area contributed by atoms with Gasteiger partial charge in [-0.25, -0.2) is 13.5 Å². The number of aromatic nitrogens is 2. The molecule has 2 N–H and O–H groups in total.